The minimum absolute atomic E-state index is 0.175. The third kappa shape index (κ3) is 3.66. The maximum Gasteiger partial charge on any atom is 0.244 e. The number of anilines is 1. The van der Waals surface area contributed by atoms with E-state index in [1.54, 1.807) is 6.92 Å². The van der Waals surface area contributed by atoms with Gasteiger partial charge in [0.05, 0.1) is 5.54 Å². The molecule has 0 aliphatic carbocycles. The molecule has 21 heavy (non-hydrogen) atoms. The second-order valence-corrected chi connectivity index (χ2v) is 5.44. The lowest BCUT2D eigenvalue weighted by molar-refractivity contribution is -0.120. The summed E-state index contributed by atoms with van der Waals surface area (Å²) in [5.74, 6) is 1.23. The maximum absolute atomic E-state index is 12.1. The number of nitrogens with zero attached hydrogens (tertiary/aromatic N) is 2. The SMILES string of the molecule is CCCC(C)(N)C(=O)Nc1ccc(-c2n[nH]c(C)n2)cc1. The monoisotopic (exact) mass is 287 g/mol. The van der Waals surface area contributed by atoms with Crippen LogP contribution < -0.4 is 11.1 Å². The molecule has 1 aromatic carbocycles. The molecule has 0 aliphatic heterocycles. The molecule has 4 N–H and O–H groups in total. The first kappa shape index (κ1) is 15.2. The van der Waals surface area contributed by atoms with Gasteiger partial charge in [-0.3, -0.25) is 9.89 Å². The minimum atomic E-state index is -0.853. The van der Waals surface area contributed by atoms with E-state index in [9.17, 15) is 4.79 Å². The number of carbonyl (C=O) groups excluding carboxylic acids is 1. The number of amides is 1. The van der Waals surface area contributed by atoms with Gasteiger partial charge in [-0.1, -0.05) is 13.3 Å². The Kier molecular flexibility index (Phi) is 4.37. The highest BCUT2D eigenvalue weighted by atomic mass is 16.2. The van der Waals surface area contributed by atoms with Crippen LogP contribution >= 0.6 is 0 Å². The number of H-pyrrole nitrogens is 1. The van der Waals surface area contributed by atoms with Crippen LogP contribution in [0.15, 0.2) is 24.3 Å². The predicted molar refractivity (Wildman–Crippen MR) is 82.7 cm³/mol. The average Bonchev–Trinajstić information content (AvgIpc) is 2.86. The number of carbonyl (C=O) groups is 1. The highest BCUT2D eigenvalue weighted by Gasteiger charge is 2.27. The number of aryl methyl sites for hydroxylation is 1. The number of nitrogens with one attached hydrogen (secondary N) is 2. The second kappa shape index (κ2) is 6.05. The third-order valence-corrected chi connectivity index (χ3v) is 3.29. The normalized spacial score (nSPS) is 13.7. The fraction of sp³-hybridized carbons (Fsp3) is 0.400. The molecule has 0 spiro atoms. The molecule has 1 heterocycles. The highest BCUT2D eigenvalue weighted by molar-refractivity contribution is 5.97. The van der Waals surface area contributed by atoms with E-state index in [0.29, 0.717) is 17.9 Å². The summed E-state index contributed by atoms with van der Waals surface area (Å²) in [5.41, 5.74) is 6.76. The number of hydrogen-bond acceptors (Lipinski definition) is 4. The molecule has 1 aromatic heterocycles. The number of aromatic amines is 1. The average molecular weight is 287 g/mol. The van der Waals surface area contributed by atoms with Gasteiger partial charge >= 0.3 is 0 Å². The van der Waals surface area contributed by atoms with Crippen molar-refractivity contribution >= 4 is 11.6 Å². The Morgan fingerprint density at radius 1 is 1.38 bits per heavy atom. The fourth-order valence-electron chi connectivity index (χ4n) is 2.08. The largest absolute Gasteiger partial charge is 0.325 e. The maximum atomic E-state index is 12.1. The smallest absolute Gasteiger partial charge is 0.244 e. The van der Waals surface area contributed by atoms with Gasteiger partial charge in [-0.15, -0.1) is 0 Å². The van der Waals surface area contributed by atoms with E-state index in [1.807, 2.05) is 38.1 Å². The zero-order valence-corrected chi connectivity index (χ0v) is 12.6. The van der Waals surface area contributed by atoms with Crippen molar-refractivity contribution in [3.05, 3.63) is 30.1 Å². The van der Waals surface area contributed by atoms with Crippen molar-refractivity contribution in [2.45, 2.75) is 39.2 Å². The van der Waals surface area contributed by atoms with E-state index >= 15 is 0 Å². The molecule has 6 heteroatoms. The predicted octanol–water partition coefficient (Wildman–Crippen LogP) is 2.24. The fourth-order valence-corrected chi connectivity index (χ4v) is 2.08. The Labute approximate surface area is 124 Å². The van der Waals surface area contributed by atoms with Gasteiger partial charge < -0.3 is 11.1 Å². The van der Waals surface area contributed by atoms with Crippen LogP contribution in [0.5, 0.6) is 0 Å². The molecule has 112 valence electrons. The first-order valence-electron chi connectivity index (χ1n) is 7.02. The van der Waals surface area contributed by atoms with Crippen LogP contribution in [0.3, 0.4) is 0 Å². The summed E-state index contributed by atoms with van der Waals surface area (Å²) in [5, 5.41) is 9.74. The van der Waals surface area contributed by atoms with E-state index in [0.717, 1.165) is 17.8 Å². The van der Waals surface area contributed by atoms with Crippen molar-refractivity contribution in [3.63, 3.8) is 0 Å². The highest BCUT2D eigenvalue weighted by Crippen LogP contribution is 2.19. The Bertz CT molecular complexity index is 615. The van der Waals surface area contributed by atoms with Crippen molar-refractivity contribution in [1.82, 2.24) is 15.2 Å². The van der Waals surface area contributed by atoms with Gasteiger partial charge in [-0.2, -0.15) is 5.10 Å². The molecule has 1 amide bonds. The molecule has 6 nitrogen and oxygen atoms in total. The first-order chi connectivity index (χ1) is 9.92. The van der Waals surface area contributed by atoms with Crippen molar-refractivity contribution in [2.75, 3.05) is 5.32 Å². The van der Waals surface area contributed by atoms with Crippen LogP contribution in [-0.2, 0) is 4.79 Å². The molecular weight excluding hydrogens is 266 g/mol. The van der Waals surface area contributed by atoms with E-state index < -0.39 is 5.54 Å². The molecule has 0 saturated carbocycles. The standard InChI is InChI=1S/C15H21N5O/c1-4-9-15(3,16)14(21)18-12-7-5-11(6-8-12)13-17-10(2)19-20-13/h5-8H,4,9,16H2,1-3H3,(H,18,21)(H,17,19,20). The Morgan fingerprint density at radius 2 is 2.05 bits per heavy atom. The topological polar surface area (TPSA) is 96.7 Å². The van der Waals surface area contributed by atoms with Gasteiger partial charge in [0.1, 0.15) is 5.82 Å². The number of hydrogen-bond donors (Lipinski definition) is 3. The molecule has 2 rings (SSSR count). The summed E-state index contributed by atoms with van der Waals surface area (Å²) < 4.78 is 0. The van der Waals surface area contributed by atoms with Crippen LogP contribution in [-0.4, -0.2) is 26.6 Å². The minimum Gasteiger partial charge on any atom is -0.325 e. The van der Waals surface area contributed by atoms with Crippen LogP contribution in [0.4, 0.5) is 5.69 Å². The van der Waals surface area contributed by atoms with E-state index in [1.165, 1.54) is 0 Å². The lowest BCUT2D eigenvalue weighted by atomic mass is 9.96. The van der Waals surface area contributed by atoms with Crippen LogP contribution in [0.2, 0.25) is 0 Å². The van der Waals surface area contributed by atoms with Crippen LogP contribution in [0, 0.1) is 6.92 Å². The van der Waals surface area contributed by atoms with Crippen LogP contribution in [0.25, 0.3) is 11.4 Å². The molecule has 0 bridgehead atoms. The Hall–Kier alpha value is -2.21. The van der Waals surface area contributed by atoms with E-state index in [4.69, 9.17) is 5.73 Å². The summed E-state index contributed by atoms with van der Waals surface area (Å²) in [4.78, 5) is 16.4. The van der Waals surface area contributed by atoms with Crippen molar-refractivity contribution in [2.24, 2.45) is 5.73 Å². The third-order valence-electron chi connectivity index (χ3n) is 3.29. The molecule has 1 atom stereocenters. The lowest BCUT2D eigenvalue weighted by Gasteiger charge is -2.22. The molecule has 0 saturated heterocycles. The van der Waals surface area contributed by atoms with Gasteiger partial charge in [0.25, 0.3) is 0 Å². The summed E-state index contributed by atoms with van der Waals surface area (Å²) in [6.45, 7) is 5.60. The van der Waals surface area contributed by atoms with Crippen molar-refractivity contribution in [3.8, 4) is 11.4 Å². The first-order valence-corrected chi connectivity index (χ1v) is 7.02. The van der Waals surface area contributed by atoms with E-state index in [-0.39, 0.29) is 5.91 Å². The molecule has 1 unspecified atom stereocenters. The number of aromatic nitrogens is 3. The van der Waals surface area contributed by atoms with Gasteiger partial charge in [-0.25, -0.2) is 4.98 Å². The molecule has 2 aromatic rings. The van der Waals surface area contributed by atoms with Gasteiger partial charge in [-0.05, 0) is 44.5 Å². The Balaban J connectivity index is 2.08. The lowest BCUT2D eigenvalue weighted by Crippen LogP contribution is -2.48. The zero-order valence-electron chi connectivity index (χ0n) is 12.6. The van der Waals surface area contributed by atoms with Crippen molar-refractivity contribution in [1.29, 1.82) is 0 Å². The van der Waals surface area contributed by atoms with Crippen LogP contribution in [0.1, 0.15) is 32.5 Å². The number of nitrogens with two attached hydrogens (primary N) is 1. The summed E-state index contributed by atoms with van der Waals surface area (Å²) in [7, 11) is 0. The van der Waals surface area contributed by atoms with Gasteiger partial charge in [0.15, 0.2) is 5.82 Å². The van der Waals surface area contributed by atoms with Gasteiger partial charge in [0, 0.05) is 11.3 Å². The summed E-state index contributed by atoms with van der Waals surface area (Å²) >= 11 is 0. The summed E-state index contributed by atoms with van der Waals surface area (Å²) in [6.07, 6.45) is 1.51. The van der Waals surface area contributed by atoms with E-state index in [2.05, 4.69) is 20.5 Å². The zero-order chi connectivity index (χ0) is 15.5. The number of rotatable bonds is 5. The number of benzene rings is 1. The molecule has 0 fully saturated rings. The molecule has 0 aliphatic rings. The van der Waals surface area contributed by atoms with Gasteiger partial charge in [0.2, 0.25) is 5.91 Å². The Morgan fingerprint density at radius 3 is 2.57 bits per heavy atom. The molecular formula is C15H21N5O. The second-order valence-electron chi connectivity index (χ2n) is 5.44. The summed E-state index contributed by atoms with van der Waals surface area (Å²) in [6, 6.07) is 7.37. The molecule has 0 radical (unpaired) electrons. The van der Waals surface area contributed by atoms with Crippen molar-refractivity contribution < 1.29 is 4.79 Å². The quantitative estimate of drug-likeness (QED) is 0.785.